The Balaban J connectivity index is 2.25. The van der Waals surface area contributed by atoms with Crippen LogP contribution in [0.3, 0.4) is 0 Å². The van der Waals surface area contributed by atoms with Crippen LogP contribution < -0.4 is 5.32 Å². The van der Waals surface area contributed by atoms with Crippen molar-refractivity contribution in [1.82, 2.24) is 4.98 Å². The minimum atomic E-state index is -0.257. The van der Waals surface area contributed by atoms with Crippen molar-refractivity contribution in [3.8, 4) is 5.75 Å². The molecule has 1 aromatic heterocycles. The van der Waals surface area contributed by atoms with Gasteiger partial charge < -0.3 is 10.4 Å². The fourth-order valence-corrected chi connectivity index (χ4v) is 1.91. The van der Waals surface area contributed by atoms with Crippen molar-refractivity contribution >= 4 is 27.7 Å². The van der Waals surface area contributed by atoms with E-state index in [4.69, 9.17) is 0 Å². The molecule has 1 amide bonds. The second-order valence-corrected chi connectivity index (χ2v) is 4.64. The first-order valence-electron chi connectivity index (χ1n) is 5.29. The molecular weight excluding hydrogens is 296 g/mol. The van der Waals surface area contributed by atoms with Crippen LogP contribution in [0.5, 0.6) is 5.75 Å². The van der Waals surface area contributed by atoms with Gasteiger partial charge in [-0.05, 0) is 58.7 Å². The number of aromatic hydroxyl groups is 1. The number of hydrogen-bond donors (Lipinski definition) is 2. The van der Waals surface area contributed by atoms with Gasteiger partial charge in [0.2, 0.25) is 0 Å². The summed E-state index contributed by atoms with van der Waals surface area (Å²) in [6.45, 7) is 1.77. The number of phenols is 1. The van der Waals surface area contributed by atoms with Crippen molar-refractivity contribution in [3.63, 3.8) is 0 Å². The van der Waals surface area contributed by atoms with Crippen LogP contribution in [0.4, 0.5) is 5.82 Å². The van der Waals surface area contributed by atoms with E-state index in [9.17, 15) is 9.90 Å². The van der Waals surface area contributed by atoms with E-state index >= 15 is 0 Å². The van der Waals surface area contributed by atoms with Gasteiger partial charge in [0.1, 0.15) is 11.6 Å². The summed E-state index contributed by atoms with van der Waals surface area (Å²) in [6, 6.07) is 8.17. The Morgan fingerprint density at radius 2 is 2.17 bits per heavy atom. The fourth-order valence-electron chi connectivity index (χ4n) is 1.56. The van der Waals surface area contributed by atoms with Gasteiger partial charge in [-0.2, -0.15) is 0 Å². The maximum atomic E-state index is 12.0. The van der Waals surface area contributed by atoms with Crippen LogP contribution >= 0.6 is 15.9 Å². The van der Waals surface area contributed by atoms with Gasteiger partial charge in [-0.15, -0.1) is 0 Å². The van der Waals surface area contributed by atoms with Crippen molar-refractivity contribution in [2.45, 2.75) is 6.92 Å². The van der Waals surface area contributed by atoms with Crippen LogP contribution in [0.1, 0.15) is 15.9 Å². The van der Waals surface area contributed by atoms with Gasteiger partial charge >= 0.3 is 0 Å². The summed E-state index contributed by atoms with van der Waals surface area (Å²) < 4.78 is 0.717. The number of carbonyl (C=O) groups excluding carboxylic acids is 1. The normalized spacial score (nSPS) is 10.1. The van der Waals surface area contributed by atoms with Crippen LogP contribution in [-0.4, -0.2) is 16.0 Å². The Hall–Kier alpha value is -1.88. The third kappa shape index (κ3) is 2.68. The van der Waals surface area contributed by atoms with E-state index in [0.717, 1.165) is 4.47 Å². The number of aryl methyl sites for hydroxylation is 1. The number of pyridine rings is 1. The Bertz CT molecular complexity index is 599. The highest BCUT2D eigenvalue weighted by atomic mass is 79.9. The number of amides is 1. The minimum absolute atomic E-state index is 0.142. The maximum Gasteiger partial charge on any atom is 0.257 e. The van der Waals surface area contributed by atoms with E-state index in [-0.39, 0.29) is 11.7 Å². The van der Waals surface area contributed by atoms with Crippen molar-refractivity contribution in [1.29, 1.82) is 0 Å². The number of nitrogens with zero attached hydrogens (tertiary/aromatic N) is 1. The van der Waals surface area contributed by atoms with Crippen LogP contribution in [0.2, 0.25) is 0 Å². The number of halogens is 1. The molecule has 0 spiro atoms. The lowest BCUT2D eigenvalue weighted by Gasteiger charge is -2.08. The zero-order valence-corrected chi connectivity index (χ0v) is 11.2. The zero-order chi connectivity index (χ0) is 13.1. The highest BCUT2D eigenvalue weighted by Gasteiger charge is 2.11. The summed E-state index contributed by atoms with van der Waals surface area (Å²) in [4.78, 5) is 16.1. The van der Waals surface area contributed by atoms with Crippen molar-refractivity contribution in [2.24, 2.45) is 0 Å². The van der Waals surface area contributed by atoms with E-state index in [2.05, 4.69) is 26.2 Å². The number of carbonyl (C=O) groups is 1. The zero-order valence-electron chi connectivity index (χ0n) is 9.64. The molecule has 2 N–H and O–H groups in total. The van der Waals surface area contributed by atoms with Crippen LogP contribution in [-0.2, 0) is 0 Å². The molecule has 0 radical (unpaired) electrons. The van der Waals surface area contributed by atoms with Gasteiger partial charge in [0.25, 0.3) is 5.91 Å². The molecule has 2 aromatic rings. The predicted octanol–water partition coefficient (Wildman–Crippen LogP) is 3.11. The molecule has 0 aliphatic heterocycles. The third-order valence-corrected chi connectivity index (χ3v) is 3.08. The molecule has 0 atom stereocenters. The van der Waals surface area contributed by atoms with Crippen LogP contribution in [0.15, 0.2) is 41.0 Å². The van der Waals surface area contributed by atoms with Gasteiger partial charge in [0, 0.05) is 11.8 Å². The number of aromatic nitrogens is 1. The van der Waals surface area contributed by atoms with Crippen molar-refractivity contribution in [2.75, 3.05) is 5.32 Å². The van der Waals surface area contributed by atoms with E-state index in [1.54, 1.807) is 37.4 Å². The number of nitrogens with one attached hydrogen (secondary N) is 1. The predicted molar refractivity (Wildman–Crippen MR) is 72.7 cm³/mol. The average Bonchev–Trinajstić information content (AvgIpc) is 2.32. The highest BCUT2D eigenvalue weighted by Crippen LogP contribution is 2.21. The summed E-state index contributed by atoms with van der Waals surface area (Å²) >= 11 is 3.31. The first-order chi connectivity index (χ1) is 8.58. The molecule has 0 aliphatic carbocycles. The van der Waals surface area contributed by atoms with Gasteiger partial charge in [-0.3, -0.25) is 4.79 Å². The molecule has 5 heteroatoms. The number of phenolic OH excluding ortho intramolecular Hbond substituents is 1. The second kappa shape index (κ2) is 5.18. The summed E-state index contributed by atoms with van der Waals surface area (Å²) in [5, 5.41) is 12.0. The molecule has 1 aromatic carbocycles. The highest BCUT2D eigenvalue weighted by molar-refractivity contribution is 9.10. The molecule has 1 heterocycles. The standard InChI is InChI=1S/C13H11BrN2O2/c1-8-7-9(17)4-5-10(8)13(18)16-12-11(14)3-2-6-15-12/h2-7,17H,1H3,(H,15,16,18). The Morgan fingerprint density at radius 3 is 2.83 bits per heavy atom. The average molecular weight is 307 g/mol. The van der Waals surface area contributed by atoms with Gasteiger partial charge in [-0.25, -0.2) is 4.98 Å². The molecule has 0 saturated heterocycles. The minimum Gasteiger partial charge on any atom is -0.508 e. The molecule has 0 saturated carbocycles. The molecule has 2 rings (SSSR count). The molecule has 0 bridgehead atoms. The quantitative estimate of drug-likeness (QED) is 0.896. The number of benzene rings is 1. The SMILES string of the molecule is Cc1cc(O)ccc1C(=O)Nc1ncccc1Br. The Morgan fingerprint density at radius 1 is 1.39 bits per heavy atom. The molecule has 92 valence electrons. The summed E-state index contributed by atoms with van der Waals surface area (Å²) in [5.74, 6) is 0.352. The van der Waals surface area contributed by atoms with E-state index in [1.807, 2.05) is 0 Å². The Kier molecular flexibility index (Phi) is 3.62. The lowest BCUT2D eigenvalue weighted by Crippen LogP contribution is -2.14. The van der Waals surface area contributed by atoms with Crippen molar-refractivity contribution < 1.29 is 9.90 Å². The van der Waals surface area contributed by atoms with E-state index < -0.39 is 0 Å². The van der Waals surface area contributed by atoms with Gasteiger partial charge in [0.05, 0.1) is 4.47 Å². The smallest absolute Gasteiger partial charge is 0.257 e. The fraction of sp³-hybridized carbons (Fsp3) is 0.0769. The topological polar surface area (TPSA) is 62.2 Å². The van der Waals surface area contributed by atoms with E-state index in [1.165, 1.54) is 6.07 Å². The molecule has 0 fully saturated rings. The summed E-state index contributed by atoms with van der Waals surface area (Å²) in [5.41, 5.74) is 1.21. The molecule has 0 aliphatic rings. The summed E-state index contributed by atoms with van der Waals surface area (Å²) in [7, 11) is 0. The molecule has 4 nitrogen and oxygen atoms in total. The van der Waals surface area contributed by atoms with Gasteiger partial charge in [-0.1, -0.05) is 0 Å². The largest absolute Gasteiger partial charge is 0.508 e. The lowest BCUT2D eigenvalue weighted by atomic mass is 10.1. The van der Waals surface area contributed by atoms with Crippen molar-refractivity contribution in [3.05, 3.63) is 52.1 Å². The molecule has 0 unspecified atom stereocenters. The molecular formula is C13H11BrN2O2. The van der Waals surface area contributed by atoms with Gasteiger partial charge in [0.15, 0.2) is 0 Å². The lowest BCUT2D eigenvalue weighted by molar-refractivity contribution is 0.102. The second-order valence-electron chi connectivity index (χ2n) is 3.79. The maximum absolute atomic E-state index is 12.0. The number of rotatable bonds is 2. The number of hydrogen-bond acceptors (Lipinski definition) is 3. The third-order valence-electron chi connectivity index (χ3n) is 2.45. The molecule has 18 heavy (non-hydrogen) atoms. The number of anilines is 1. The first kappa shape index (κ1) is 12.6. The monoisotopic (exact) mass is 306 g/mol. The first-order valence-corrected chi connectivity index (χ1v) is 6.08. The Labute approximate surface area is 113 Å². The summed E-state index contributed by atoms with van der Waals surface area (Å²) in [6.07, 6.45) is 1.60. The van der Waals surface area contributed by atoms with E-state index in [0.29, 0.717) is 16.9 Å². The van der Waals surface area contributed by atoms with Crippen LogP contribution in [0.25, 0.3) is 0 Å². The van der Waals surface area contributed by atoms with Crippen LogP contribution in [0, 0.1) is 6.92 Å².